The van der Waals surface area contributed by atoms with E-state index in [2.05, 4.69) is 78.0 Å². The van der Waals surface area contributed by atoms with E-state index in [1.54, 1.807) is 18.2 Å². The lowest BCUT2D eigenvalue weighted by atomic mass is 10.1. The number of hydrogen-bond acceptors (Lipinski definition) is 15. The third kappa shape index (κ3) is 12.9. The van der Waals surface area contributed by atoms with Gasteiger partial charge in [-0.3, -0.25) is 39.7 Å². The molecule has 22 heteroatoms. The Kier molecular flexibility index (Phi) is 16.3. The first-order valence-corrected chi connectivity index (χ1v) is 28.7. The molecular formula is C49H60N6O14Si2. The van der Waals surface area contributed by atoms with Gasteiger partial charge in [0.15, 0.2) is 28.1 Å². The number of nitro benzene ring substituents is 3. The average Bonchev–Trinajstić information content (AvgIpc) is 3.69. The van der Waals surface area contributed by atoms with Crippen LogP contribution in [0, 0.1) is 30.3 Å². The molecule has 1 aliphatic rings. The van der Waals surface area contributed by atoms with Crippen LogP contribution in [0.15, 0.2) is 102 Å². The van der Waals surface area contributed by atoms with Crippen LogP contribution in [0.1, 0.15) is 81.2 Å². The van der Waals surface area contributed by atoms with E-state index in [-0.39, 0.29) is 85.2 Å². The average molecular weight is 1010 g/mol. The van der Waals surface area contributed by atoms with Gasteiger partial charge in [-0.05, 0) is 72.7 Å². The minimum absolute atomic E-state index is 0.0504. The van der Waals surface area contributed by atoms with Crippen LogP contribution in [0.2, 0.25) is 36.3 Å². The lowest BCUT2D eigenvalue weighted by Crippen LogP contribution is -2.48. The topological polar surface area (TPSA) is 249 Å². The predicted molar refractivity (Wildman–Crippen MR) is 269 cm³/mol. The van der Waals surface area contributed by atoms with E-state index in [0.717, 1.165) is 0 Å². The number of carbonyl (C=O) groups excluding carboxylic acids is 1. The van der Waals surface area contributed by atoms with Gasteiger partial charge in [0.25, 0.3) is 23.0 Å². The van der Waals surface area contributed by atoms with Gasteiger partial charge in [0.2, 0.25) is 5.75 Å². The highest BCUT2D eigenvalue weighted by Crippen LogP contribution is 2.44. The highest BCUT2D eigenvalue weighted by atomic mass is 28.4. The summed E-state index contributed by atoms with van der Waals surface area (Å²) in [6.45, 7) is 20.6. The Morgan fingerprint density at radius 2 is 1.17 bits per heavy atom. The summed E-state index contributed by atoms with van der Waals surface area (Å²) in [6.07, 6.45) is 0.214. The Balaban J connectivity index is 1.34. The minimum atomic E-state index is -2.30. The molecule has 71 heavy (non-hydrogen) atoms. The van der Waals surface area contributed by atoms with E-state index < -0.39 is 75.2 Å². The molecule has 0 saturated carbocycles. The Morgan fingerprint density at radius 1 is 0.718 bits per heavy atom. The van der Waals surface area contributed by atoms with Gasteiger partial charge < -0.3 is 33.1 Å². The molecule has 5 aromatic rings. The van der Waals surface area contributed by atoms with Crippen molar-refractivity contribution in [2.45, 2.75) is 122 Å². The molecule has 1 unspecified atom stereocenters. The number of anilines is 1. The van der Waals surface area contributed by atoms with Crippen molar-refractivity contribution in [1.82, 2.24) is 9.55 Å². The maximum atomic E-state index is 14.2. The lowest BCUT2D eigenvalue weighted by molar-refractivity contribution is -0.386. The minimum Gasteiger partial charge on any atom is -0.485 e. The molecular weight excluding hydrogens is 953 g/mol. The van der Waals surface area contributed by atoms with E-state index in [9.17, 15) is 39.9 Å². The molecule has 4 aromatic carbocycles. The number of carbonyl (C=O) groups is 1. The van der Waals surface area contributed by atoms with Crippen LogP contribution < -0.4 is 25.2 Å². The summed E-state index contributed by atoms with van der Waals surface area (Å²) in [5.74, 6) is -1.49. The van der Waals surface area contributed by atoms with Crippen molar-refractivity contribution in [3.05, 3.63) is 160 Å². The zero-order valence-electron chi connectivity index (χ0n) is 41.5. The van der Waals surface area contributed by atoms with Crippen molar-refractivity contribution in [3.8, 4) is 17.2 Å². The first-order valence-electron chi connectivity index (χ1n) is 22.9. The van der Waals surface area contributed by atoms with Gasteiger partial charge in [0, 0.05) is 36.4 Å². The van der Waals surface area contributed by atoms with E-state index in [1.165, 1.54) is 83.6 Å². The lowest BCUT2D eigenvalue weighted by Gasteiger charge is -2.40. The van der Waals surface area contributed by atoms with E-state index in [0.29, 0.717) is 6.42 Å². The number of ether oxygens (including phenoxy) is 4. The maximum Gasteiger partial charge on any atom is 0.351 e. The van der Waals surface area contributed by atoms with Gasteiger partial charge in [-0.15, -0.1) is 0 Å². The molecule has 0 radical (unpaired) electrons. The molecule has 20 nitrogen and oxygen atoms in total. The molecule has 2 heterocycles. The molecule has 1 amide bonds. The molecule has 1 aromatic heterocycles. The van der Waals surface area contributed by atoms with Gasteiger partial charge in [-0.1, -0.05) is 77.9 Å². The summed E-state index contributed by atoms with van der Waals surface area (Å²) < 4.78 is 39.9. The van der Waals surface area contributed by atoms with Gasteiger partial charge in [0.05, 0.1) is 44.2 Å². The van der Waals surface area contributed by atoms with Gasteiger partial charge in [0.1, 0.15) is 38.0 Å². The molecule has 1 saturated heterocycles. The summed E-state index contributed by atoms with van der Waals surface area (Å²) in [6, 6.07) is 21.5. The fraction of sp³-hybridized carbons (Fsp3) is 0.408. The van der Waals surface area contributed by atoms with Crippen molar-refractivity contribution in [3.63, 3.8) is 0 Å². The van der Waals surface area contributed by atoms with Crippen LogP contribution in [0.5, 0.6) is 17.2 Å². The fourth-order valence-corrected chi connectivity index (χ4v) is 9.43. The molecule has 1 fully saturated rings. The van der Waals surface area contributed by atoms with Crippen molar-refractivity contribution >= 4 is 45.4 Å². The van der Waals surface area contributed by atoms with Crippen LogP contribution in [-0.2, 0) is 33.4 Å². The summed E-state index contributed by atoms with van der Waals surface area (Å²) in [5, 5.41) is 38.3. The fourth-order valence-electron chi connectivity index (χ4n) is 7.06. The van der Waals surface area contributed by atoms with Crippen LogP contribution in [0.25, 0.3) is 0 Å². The van der Waals surface area contributed by atoms with E-state index >= 15 is 0 Å². The number of nitrogens with zero attached hydrogens (tertiary/aromatic N) is 5. The first-order chi connectivity index (χ1) is 33.3. The maximum absolute atomic E-state index is 14.2. The summed E-state index contributed by atoms with van der Waals surface area (Å²) in [4.78, 5) is 66.3. The van der Waals surface area contributed by atoms with Crippen LogP contribution in [-0.4, -0.2) is 65.7 Å². The van der Waals surface area contributed by atoms with E-state index in [1.807, 2.05) is 0 Å². The van der Waals surface area contributed by atoms with Crippen molar-refractivity contribution < 1.29 is 47.4 Å². The summed E-state index contributed by atoms with van der Waals surface area (Å²) >= 11 is 0. The Labute approximate surface area is 412 Å². The number of nitrogens with one attached hydrogen (secondary N) is 1. The molecule has 1 N–H and O–H groups in total. The zero-order valence-corrected chi connectivity index (χ0v) is 43.5. The third-order valence-corrected chi connectivity index (χ3v) is 22.2. The second kappa shape index (κ2) is 21.6. The van der Waals surface area contributed by atoms with Gasteiger partial charge >= 0.3 is 5.69 Å². The SMILES string of the molecule is CC(C)(C)[Si](C)(C)OC[C@H]1O[C@@H](n2ccc(NC(=O)c3cc(OCc4ccccc4[N+](=O)[O-])c(OCc4ccccc4[N+](=O)[O-])c(OCc4ccccc4[N+](=O)[O-])c3)nc2=O)CC1O[Si](C)(C)C(C)(C)C. The molecule has 378 valence electrons. The first kappa shape index (κ1) is 53.5. The van der Waals surface area contributed by atoms with Gasteiger partial charge in [-0.25, -0.2) is 4.79 Å². The molecule has 3 atom stereocenters. The van der Waals surface area contributed by atoms with Crippen molar-refractivity contribution in [2.75, 3.05) is 11.9 Å². The second-order valence-corrected chi connectivity index (χ2v) is 29.7. The second-order valence-electron chi connectivity index (χ2n) is 20.1. The standard InChI is InChI=1S/C49H60N6O14Si2/c1-48(2,3)70(7,8)67-31-42-39(69-71(9,10)49(4,5)6)27-44(68-42)52-24-23-43(51-47(52)57)50-46(56)35-25-40(64-28-32-17-11-14-20-36(32)53(58)59)45(66-30-34-19-13-16-22-38(34)55(62)63)41(26-35)65-29-33-18-12-15-21-37(33)54(60)61/h11-26,39,42,44H,27-31H2,1-10H3,(H,50,51,56,57)/t39?,42-,44-/m1/s1. The number of benzene rings is 4. The molecule has 1 aliphatic heterocycles. The molecule has 0 aliphatic carbocycles. The Hall–Kier alpha value is -6.86. The predicted octanol–water partition coefficient (Wildman–Crippen LogP) is 10.7. The number of nitro groups is 3. The number of hydrogen-bond donors (Lipinski definition) is 1. The number of aromatic nitrogens is 2. The van der Waals surface area contributed by atoms with Crippen LogP contribution >= 0.6 is 0 Å². The van der Waals surface area contributed by atoms with Gasteiger partial charge in [-0.2, -0.15) is 4.98 Å². The van der Waals surface area contributed by atoms with E-state index in [4.69, 9.17) is 27.8 Å². The number of rotatable bonds is 20. The Morgan fingerprint density at radius 3 is 1.61 bits per heavy atom. The van der Waals surface area contributed by atoms with Crippen molar-refractivity contribution in [2.24, 2.45) is 0 Å². The smallest absolute Gasteiger partial charge is 0.351 e. The normalized spacial score (nSPS) is 16.3. The Bertz CT molecular complexity index is 2760. The number of para-hydroxylation sites is 3. The van der Waals surface area contributed by atoms with Crippen LogP contribution in [0.3, 0.4) is 0 Å². The monoisotopic (exact) mass is 1010 g/mol. The zero-order chi connectivity index (χ0) is 52.1. The summed E-state index contributed by atoms with van der Waals surface area (Å²) in [7, 11) is -4.49. The summed E-state index contributed by atoms with van der Waals surface area (Å²) in [5.41, 5.74) is -1.15. The highest BCUT2D eigenvalue weighted by Gasteiger charge is 2.47. The third-order valence-electron chi connectivity index (χ3n) is 13.2. The quantitative estimate of drug-likeness (QED) is 0.0432. The van der Waals surface area contributed by atoms with Crippen LogP contribution in [0.4, 0.5) is 22.9 Å². The molecule has 0 spiro atoms. The largest absolute Gasteiger partial charge is 0.485 e. The van der Waals surface area contributed by atoms with Crippen molar-refractivity contribution in [1.29, 1.82) is 0 Å². The molecule has 0 bridgehead atoms. The highest BCUT2D eigenvalue weighted by molar-refractivity contribution is 6.74. The molecule has 6 rings (SSSR count). The number of amides is 1.